The number of sulfonamides is 1. The number of nitrogens with one attached hydrogen (secondary N) is 1. The molecule has 0 aliphatic rings. The van der Waals surface area contributed by atoms with Crippen LogP contribution in [0, 0.1) is 0 Å². The Morgan fingerprint density at radius 3 is 2.42 bits per heavy atom. The van der Waals surface area contributed by atoms with Crippen molar-refractivity contribution in [1.29, 1.82) is 0 Å². The summed E-state index contributed by atoms with van der Waals surface area (Å²) < 4.78 is 71.1. The number of ether oxygens (including phenoxy) is 1. The number of nitrogens with zero attached hydrogens (tertiary/aromatic N) is 2. The molecule has 0 fully saturated rings. The maximum Gasteiger partial charge on any atom is 0.416 e. The highest BCUT2D eigenvalue weighted by Gasteiger charge is 2.30. The lowest BCUT2D eigenvalue weighted by molar-refractivity contribution is -0.137. The van der Waals surface area contributed by atoms with Gasteiger partial charge in [-0.1, -0.05) is 43.7 Å². The van der Waals surface area contributed by atoms with Crippen molar-refractivity contribution in [2.75, 3.05) is 39.1 Å². The third kappa shape index (κ3) is 8.05. The van der Waals surface area contributed by atoms with Crippen LogP contribution >= 0.6 is 0 Å². The highest BCUT2D eigenvalue weighted by Crippen LogP contribution is 2.29. The fourth-order valence-corrected chi connectivity index (χ4v) is 5.69. The molecule has 0 atom stereocenters. The van der Waals surface area contributed by atoms with Crippen LogP contribution in [-0.4, -0.2) is 67.6 Å². The van der Waals surface area contributed by atoms with Crippen LogP contribution in [0.1, 0.15) is 36.5 Å². The summed E-state index contributed by atoms with van der Waals surface area (Å²) in [5, 5.41) is 1.01. The number of methoxy groups -OCH3 is 1. The summed E-state index contributed by atoms with van der Waals surface area (Å²) in [7, 11) is -2.24. The van der Waals surface area contributed by atoms with Gasteiger partial charge in [0.1, 0.15) is 0 Å². The molecule has 38 heavy (non-hydrogen) atoms. The third-order valence-electron chi connectivity index (χ3n) is 6.34. The molecule has 0 aliphatic heterocycles. The molecule has 0 unspecified atom stereocenters. The fourth-order valence-electron chi connectivity index (χ4n) is 4.12. The number of amides is 1. The van der Waals surface area contributed by atoms with E-state index < -0.39 is 27.7 Å². The lowest BCUT2D eigenvalue weighted by atomic mass is 10.1. The van der Waals surface area contributed by atoms with Crippen molar-refractivity contribution in [3.8, 4) is 0 Å². The van der Waals surface area contributed by atoms with Crippen molar-refractivity contribution in [2.45, 2.75) is 38.9 Å². The zero-order valence-electron chi connectivity index (χ0n) is 21.6. The van der Waals surface area contributed by atoms with Crippen molar-refractivity contribution in [1.82, 2.24) is 14.2 Å². The van der Waals surface area contributed by atoms with Gasteiger partial charge in [-0.05, 0) is 42.2 Å². The first-order valence-corrected chi connectivity index (χ1v) is 14.1. The zero-order chi connectivity index (χ0) is 27.8. The number of carbonyl (C=O) groups is 1. The van der Waals surface area contributed by atoms with E-state index in [1.54, 1.807) is 0 Å². The highest BCUT2D eigenvalue weighted by molar-refractivity contribution is 7.89. The minimum atomic E-state index is -4.46. The Hall–Kier alpha value is -2.89. The second-order valence-electron chi connectivity index (χ2n) is 9.12. The van der Waals surface area contributed by atoms with Crippen LogP contribution in [0.2, 0.25) is 0 Å². The molecular formula is C27H34F3N3O4S. The van der Waals surface area contributed by atoms with Crippen LogP contribution in [0.3, 0.4) is 0 Å². The molecule has 0 radical (unpaired) electrons. The number of carbonyl (C=O) groups excluding carboxylic acids is 1. The average molecular weight is 554 g/mol. The smallest absolute Gasteiger partial charge is 0.383 e. The van der Waals surface area contributed by atoms with Gasteiger partial charge in [-0.2, -0.15) is 17.5 Å². The Bertz CT molecular complexity index is 1290. The van der Waals surface area contributed by atoms with Crippen LogP contribution in [0.4, 0.5) is 13.2 Å². The maximum absolute atomic E-state index is 13.5. The molecule has 0 saturated carbocycles. The number of fused-ring (bicyclic) bond motifs is 1. The molecular weight excluding hydrogens is 519 g/mol. The Morgan fingerprint density at radius 1 is 1.05 bits per heavy atom. The predicted octanol–water partition coefficient (Wildman–Crippen LogP) is 4.84. The SMILES string of the molecule is CCCCS(=O)(=O)N(CCOC)CC(=O)N(CCc1c[nH]c2ccccc12)Cc1ccc(C(F)(F)F)cc1. The minimum Gasteiger partial charge on any atom is -0.383 e. The van der Waals surface area contributed by atoms with Gasteiger partial charge in [-0.15, -0.1) is 0 Å². The lowest BCUT2D eigenvalue weighted by Crippen LogP contribution is -2.45. The highest BCUT2D eigenvalue weighted by atomic mass is 32.2. The Labute approximate surface area is 221 Å². The first-order valence-electron chi connectivity index (χ1n) is 12.5. The number of aromatic nitrogens is 1. The number of H-pyrrole nitrogens is 1. The van der Waals surface area contributed by atoms with Crippen LogP contribution in [-0.2, 0) is 38.7 Å². The van der Waals surface area contributed by atoms with Gasteiger partial charge in [-0.25, -0.2) is 8.42 Å². The van der Waals surface area contributed by atoms with E-state index in [1.807, 2.05) is 37.4 Å². The number of alkyl halides is 3. The topological polar surface area (TPSA) is 82.7 Å². The van der Waals surface area contributed by atoms with Crippen LogP contribution in [0.15, 0.2) is 54.7 Å². The van der Waals surface area contributed by atoms with E-state index in [9.17, 15) is 26.4 Å². The molecule has 1 amide bonds. The van der Waals surface area contributed by atoms with E-state index in [0.29, 0.717) is 24.8 Å². The van der Waals surface area contributed by atoms with Gasteiger partial charge in [0.2, 0.25) is 15.9 Å². The number of hydrogen-bond acceptors (Lipinski definition) is 4. The molecule has 1 heterocycles. The largest absolute Gasteiger partial charge is 0.416 e. The number of halogens is 3. The number of aromatic amines is 1. The van der Waals surface area contributed by atoms with Crippen LogP contribution in [0.5, 0.6) is 0 Å². The van der Waals surface area contributed by atoms with E-state index in [-0.39, 0.29) is 38.5 Å². The molecule has 2 aromatic carbocycles. The quantitative estimate of drug-likeness (QED) is 0.310. The van der Waals surface area contributed by atoms with Crippen molar-refractivity contribution < 1.29 is 31.1 Å². The third-order valence-corrected chi connectivity index (χ3v) is 8.24. The molecule has 0 saturated heterocycles. The molecule has 0 spiro atoms. The van der Waals surface area contributed by atoms with Crippen molar-refractivity contribution in [2.24, 2.45) is 0 Å². The van der Waals surface area contributed by atoms with Gasteiger partial charge in [-0.3, -0.25) is 4.79 Å². The zero-order valence-corrected chi connectivity index (χ0v) is 22.4. The van der Waals surface area contributed by atoms with Gasteiger partial charge in [0.05, 0.1) is 24.5 Å². The van der Waals surface area contributed by atoms with E-state index in [2.05, 4.69) is 4.98 Å². The number of unbranched alkanes of at least 4 members (excludes halogenated alkanes) is 1. The maximum atomic E-state index is 13.5. The molecule has 11 heteroatoms. The van der Waals surface area contributed by atoms with Crippen LogP contribution in [0.25, 0.3) is 10.9 Å². The Balaban J connectivity index is 1.83. The lowest BCUT2D eigenvalue weighted by Gasteiger charge is -2.27. The summed E-state index contributed by atoms with van der Waals surface area (Å²) in [6.07, 6.45) is -0.952. The van der Waals surface area contributed by atoms with E-state index in [4.69, 9.17) is 4.74 Å². The molecule has 0 aliphatic carbocycles. The first kappa shape index (κ1) is 29.7. The Kier molecular flexibility index (Phi) is 10.3. The number of rotatable bonds is 14. The normalized spacial score (nSPS) is 12.4. The molecule has 208 valence electrons. The summed E-state index contributed by atoms with van der Waals surface area (Å²) in [5.74, 6) is -0.504. The second kappa shape index (κ2) is 13.3. The minimum absolute atomic E-state index is 0.0326. The van der Waals surface area contributed by atoms with Gasteiger partial charge in [0.25, 0.3) is 0 Å². The molecule has 3 rings (SSSR count). The number of benzene rings is 2. The summed E-state index contributed by atoms with van der Waals surface area (Å²) in [5.41, 5.74) is 1.68. The first-order chi connectivity index (χ1) is 18.0. The summed E-state index contributed by atoms with van der Waals surface area (Å²) in [6, 6.07) is 12.4. The molecule has 3 aromatic rings. The fraction of sp³-hybridized carbons (Fsp3) is 0.444. The van der Waals surface area contributed by atoms with Crippen molar-refractivity contribution >= 4 is 26.8 Å². The summed E-state index contributed by atoms with van der Waals surface area (Å²) >= 11 is 0. The van der Waals surface area contributed by atoms with Gasteiger partial charge >= 0.3 is 6.18 Å². The standard InChI is InChI=1S/C27H34F3N3O4S/c1-3-4-17-38(35,36)33(15-16-37-2)20-26(34)32(19-21-9-11-23(12-10-21)27(28,29)30)14-13-22-18-31-25-8-6-5-7-24(22)25/h5-12,18,31H,3-4,13-17,19-20H2,1-2H3. The van der Waals surface area contributed by atoms with Crippen molar-refractivity contribution in [3.05, 3.63) is 71.4 Å². The molecule has 1 aromatic heterocycles. The number of para-hydroxylation sites is 1. The molecule has 7 nitrogen and oxygen atoms in total. The Morgan fingerprint density at radius 2 is 1.76 bits per heavy atom. The van der Waals surface area contributed by atoms with E-state index in [1.165, 1.54) is 24.1 Å². The monoisotopic (exact) mass is 553 g/mol. The second-order valence-corrected chi connectivity index (χ2v) is 11.2. The number of hydrogen-bond donors (Lipinski definition) is 1. The van der Waals surface area contributed by atoms with Gasteiger partial charge in [0, 0.05) is 43.8 Å². The molecule has 1 N–H and O–H groups in total. The van der Waals surface area contributed by atoms with Gasteiger partial charge < -0.3 is 14.6 Å². The van der Waals surface area contributed by atoms with Crippen LogP contribution < -0.4 is 0 Å². The van der Waals surface area contributed by atoms with Gasteiger partial charge in [0.15, 0.2) is 0 Å². The van der Waals surface area contributed by atoms with E-state index in [0.717, 1.165) is 32.9 Å². The predicted molar refractivity (Wildman–Crippen MR) is 141 cm³/mol. The van der Waals surface area contributed by atoms with Crippen molar-refractivity contribution in [3.63, 3.8) is 0 Å². The summed E-state index contributed by atoms with van der Waals surface area (Å²) in [6.45, 7) is 1.99. The van der Waals surface area contributed by atoms with E-state index >= 15 is 0 Å². The average Bonchev–Trinajstić information content (AvgIpc) is 3.30. The summed E-state index contributed by atoms with van der Waals surface area (Å²) in [4.78, 5) is 18.2. The molecule has 0 bridgehead atoms.